The maximum absolute atomic E-state index is 14.0. The lowest BCUT2D eigenvalue weighted by atomic mass is 9.82. The normalized spacial score (nSPS) is 12.3. The predicted molar refractivity (Wildman–Crippen MR) is 63.9 cm³/mol. The molecule has 1 aromatic carbocycles. The van der Waals surface area contributed by atoms with E-state index in [1.165, 1.54) is 0 Å². The first-order chi connectivity index (χ1) is 6.73. The molecule has 1 aromatic rings. The minimum atomic E-state index is -0.121. The van der Waals surface area contributed by atoms with Crippen LogP contribution < -0.4 is 0 Å². The van der Waals surface area contributed by atoms with E-state index in [1.54, 1.807) is 6.07 Å². The third-order valence-electron chi connectivity index (χ3n) is 2.73. The first-order valence-corrected chi connectivity index (χ1v) is 5.54. The van der Waals surface area contributed by atoms with E-state index in [0.717, 1.165) is 16.7 Å². The Kier molecular flexibility index (Phi) is 3.22. The first-order valence-electron chi connectivity index (χ1n) is 5.54. The van der Waals surface area contributed by atoms with Crippen molar-refractivity contribution in [2.24, 2.45) is 0 Å². The van der Waals surface area contributed by atoms with E-state index in [0.29, 0.717) is 5.92 Å². The third-order valence-corrected chi connectivity index (χ3v) is 2.73. The average molecular weight is 208 g/mol. The van der Waals surface area contributed by atoms with Crippen LogP contribution in [0.5, 0.6) is 0 Å². The van der Waals surface area contributed by atoms with E-state index in [1.807, 2.05) is 27.7 Å². The van der Waals surface area contributed by atoms with E-state index in [-0.39, 0.29) is 11.2 Å². The van der Waals surface area contributed by atoms with Crippen molar-refractivity contribution in [3.63, 3.8) is 0 Å². The van der Waals surface area contributed by atoms with Gasteiger partial charge in [-0.05, 0) is 41.0 Å². The molecule has 0 saturated carbocycles. The molecule has 0 aliphatic heterocycles. The second kappa shape index (κ2) is 3.96. The standard InChI is InChI=1S/C14H21F/c1-9(2)11-7-10(3)13(12(15)8-11)14(4,5)6/h7-9H,1-6H3. The van der Waals surface area contributed by atoms with Gasteiger partial charge in [0.2, 0.25) is 0 Å². The van der Waals surface area contributed by atoms with E-state index >= 15 is 0 Å². The Morgan fingerprint density at radius 2 is 1.67 bits per heavy atom. The molecule has 0 aliphatic carbocycles. The van der Waals surface area contributed by atoms with Crippen molar-refractivity contribution in [3.8, 4) is 0 Å². The van der Waals surface area contributed by atoms with Gasteiger partial charge in [0.25, 0.3) is 0 Å². The molecule has 0 N–H and O–H groups in total. The molecule has 0 fully saturated rings. The number of hydrogen-bond donors (Lipinski definition) is 0. The van der Waals surface area contributed by atoms with Gasteiger partial charge in [0.05, 0.1) is 0 Å². The van der Waals surface area contributed by atoms with Crippen LogP contribution >= 0.6 is 0 Å². The van der Waals surface area contributed by atoms with Crippen LogP contribution in [0.3, 0.4) is 0 Å². The number of aryl methyl sites for hydroxylation is 1. The SMILES string of the molecule is Cc1cc(C(C)C)cc(F)c1C(C)(C)C. The monoisotopic (exact) mass is 208 g/mol. The smallest absolute Gasteiger partial charge is 0.127 e. The van der Waals surface area contributed by atoms with Crippen molar-refractivity contribution < 1.29 is 4.39 Å². The minimum Gasteiger partial charge on any atom is -0.207 e. The maximum atomic E-state index is 14.0. The minimum absolute atomic E-state index is 0.0637. The van der Waals surface area contributed by atoms with Gasteiger partial charge in [-0.2, -0.15) is 0 Å². The van der Waals surface area contributed by atoms with Gasteiger partial charge in [-0.15, -0.1) is 0 Å². The fraction of sp³-hybridized carbons (Fsp3) is 0.571. The molecule has 0 aromatic heterocycles. The summed E-state index contributed by atoms with van der Waals surface area (Å²) >= 11 is 0. The van der Waals surface area contributed by atoms with Crippen molar-refractivity contribution >= 4 is 0 Å². The summed E-state index contributed by atoms with van der Waals surface area (Å²) < 4.78 is 14.0. The quantitative estimate of drug-likeness (QED) is 0.635. The lowest BCUT2D eigenvalue weighted by molar-refractivity contribution is 0.517. The Labute approximate surface area is 92.5 Å². The van der Waals surface area contributed by atoms with Crippen LogP contribution in [-0.4, -0.2) is 0 Å². The van der Waals surface area contributed by atoms with Gasteiger partial charge in [-0.25, -0.2) is 4.39 Å². The van der Waals surface area contributed by atoms with Crippen LogP contribution in [0.15, 0.2) is 12.1 Å². The summed E-state index contributed by atoms with van der Waals surface area (Å²) in [5.74, 6) is 0.318. The molecule has 0 atom stereocenters. The Balaban J connectivity index is 3.34. The molecule has 0 radical (unpaired) electrons. The van der Waals surface area contributed by atoms with E-state index in [9.17, 15) is 4.39 Å². The van der Waals surface area contributed by atoms with Crippen LogP contribution in [0.2, 0.25) is 0 Å². The molecule has 0 amide bonds. The summed E-state index contributed by atoms with van der Waals surface area (Å²) in [6.07, 6.45) is 0. The van der Waals surface area contributed by atoms with Gasteiger partial charge in [0.1, 0.15) is 5.82 Å². The lowest BCUT2D eigenvalue weighted by Gasteiger charge is -2.23. The Morgan fingerprint density at radius 1 is 1.13 bits per heavy atom. The van der Waals surface area contributed by atoms with Crippen LogP contribution in [-0.2, 0) is 5.41 Å². The van der Waals surface area contributed by atoms with Crippen LogP contribution in [0, 0.1) is 12.7 Å². The summed E-state index contributed by atoms with van der Waals surface area (Å²) in [4.78, 5) is 0. The van der Waals surface area contributed by atoms with Gasteiger partial charge in [0.15, 0.2) is 0 Å². The molecule has 0 spiro atoms. The number of hydrogen-bond acceptors (Lipinski definition) is 0. The summed E-state index contributed by atoms with van der Waals surface area (Å²) in [6.45, 7) is 12.3. The molecule has 0 unspecified atom stereocenters. The second-order valence-corrected chi connectivity index (χ2v) is 5.60. The summed E-state index contributed by atoms with van der Waals surface area (Å²) in [7, 11) is 0. The van der Waals surface area contributed by atoms with Crippen molar-refractivity contribution in [2.45, 2.75) is 52.9 Å². The van der Waals surface area contributed by atoms with Gasteiger partial charge in [-0.1, -0.05) is 40.7 Å². The number of rotatable bonds is 1. The molecule has 15 heavy (non-hydrogen) atoms. The van der Waals surface area contributed by atoms with Gasteiger partial charge < -0.3 is 0 Å². The third kappa shape index (κ3) is 2.58. The second-order valence-electron chi connectivity index (χ2n) is 5.60. The van der Waals surface area contributed by atoms with Gasteiger partial charge in [0, 0.05) is 0 Å². The molecule has 1 heteroatoms. The van der Waals surface area contributed by atoms with Crippen LogP contribution in [0.1, 0.15) is 57.2 Å². The molecule has 0 heterocycles. The molecular weight excluding hydrogens is 187 g/mol. The molecule has 1 rings (SSSR count). The summed E-state index contributed by atoms with van der Waals surface area (Å²) in [5, 5.41) is 0. The molecule has 84 valence electrons. The largest absolute Gasteiger partial charge is 0.207 e. The maximum Gasteiger partial charge on any atom is 0.127 e. The Hall–Kier alpha value is -0.850. The van der Waals surface area contributed by atoms with Crippen molar-refractivity contribution in [1.82, 2.24) is 0 Å². The summed E-state index contributed by atoms with van der Waals surface area (Å²) in [6, 6.07) is 3.78. The summed E-state index contributed by atoms with van der Waals surface area (Å²) in [5.41, 5.74) is 2.86. The molecular formula is C14H21F. The lowest BCUT2D eigenvalue weighted by Crippen LogP contribution is -2.16. The first kappa shape index (κ1) is 12.2. The van der Waals surface area contributed by atoms with Crippen molar-refractivity contribution in [1.29, 1.82) is 0 Å². The predicted octanol–water partition coefficient (Wildman–Crippen LogP) is 4.56. The van der Waals surface area contributed by atoms with Crippen LogP contribution in [0.25, 0.3) is 0 Å². The molecule has 0 bridgehead atoms. The number of halogens is 1. The highest BCUT2D eigenvalue weighted by atomic mass is 19.1. The Bertz CT molecular complexity index is 333. The highest BCUT2D eigenvalue weighted by molar-refractivity contribution is 5.38. The van der Waals surface area contributed by atoms with Crippen LogP contribution in [0.4, 0.5) is 4.39 Å². The molecule has 0 saturated heterocycles. The van der Waals surface area contributed by atoms with Gasteiger partial charge >= 0.3 is 0 Å². The van der Waals surface area contributed by atoms with Crippen molar-refractivity contribution in [3.05, 3.63) is 34.6 Å². The molecule has 0 aliphatic rings. The zero-order chi connectivity index (χ0) is 11.8. The molecule has 0 nitrogen and oxygen atoms in total. The Morgan fingerprint density at radius 3 is 2.00 bits per heavy atom. The number of benzene rings is 1. The van der Waals surface area contributed by atoms with E-state index in [2.05, 4.69) is 19.9 Å². The fourth-order valence-electron chi connectivity index (χ4n) is 2.05. The van der Waals surface area contributed by atoms with E-state index in [4.69, 9.17) is 0 Å². The highest BCUT2D eigenvalue weighted by Crippen LogP contribution is 2.30. The highest BCUT2D eigenvalue weighted by Gasteiger charge is 2.21. The fourth-order valence-corrected chi connectivity index (χ4v) is 2.05. The zero-order valence-corrected chi connectivity index (χ0v) is 10.6. The zero-order valence-electron chi connectivity index (χ0n) is 10.6. The van der Waals surface area contributed by atoms with E-state index < -0.39 is 0 Å². The topological polar surface area (TPSA) is 0 Å². The average Bonchev–Trinajstić information content (AvgIpc) is 1.99. The van der Waals surface area contributed by atoms with Gasteiger partial charge in [-0.3, -0.25) is 0 Å². The van der Waals surface area contributed by atoms with Crippen molar-refractivity contribution in [2.75, 3.05) is 0 Å².